The number of β-lactam (4-membered cyclic amide) rings is 1. The van der Waals surface area contributed by atoms with Gasteiger partial charge in [-0.3, -0.25) is 4.79 Å². The number of para-hydroxylation sites is 2. The number of nitrogens with zero attached hydrogens (tertiary/aromatic N) is 6. The first-order chi connectivity index (χ1) is 24.7. The molecule has 1 aromatic heterocycles. The van der Waals surface area contributed by atoms with E-state index in [4.69, 9.17) is 0 Å². The number of carbonyl (C=O) groups excluding carboxylic acids is 1. The van der Waals surface area contributed by atoms with Crippen molar-refractivity contribution in [2.45, 2.75) is 102 Å². The van der Waals surface area contributed by atoms with Crippen molar-refractivity contribution in [1.82, 2.24) is 29.6 Å². The highest BCUT2D eigenvalue weighted by Crippen LogP contribution is 2.61. The van der Waals surface area contributed by atoms with Crippen LogP contribution in [-0.2, 0) is 30.7 Å². The molecule has 2 aliphatic heterocycles. The van der Waals surface area contributed by atoms with Crippen molar-refractivity contribution in [3.63, 3.8) is 0 Å². The van der Waals surface area contributed by atoms with E-state index in [2.05, 4.69) is 164 Å². The average molecular weight is 700 g/mol. The molecule has 8 heteroatoms. The summed E-state index contributed by atoms with van der Waals surface area (Å²) in [4.78, 5) is 17.1. The molecule has 264 valence electrons. The molecular weight excluding hydrogens is 649 g/mol. The van der Waals surface area contributed by atoms with Gasteiger partial charge in [-0.2, -0.15) is 0 Å². The van der Waals surface area contributed by atoms with Crippen molar-refractivity contribution in [3.8, 4) is 0 Å². The molecule has 0 bridgehead atoms. The minimum absolute atomic E-state index is 0.0628. The van der Waals surface area contributed by atoms with Crippen molar-refractivity contribution >= 4 is 29.0 Å². The molecule has 7 rings (SSSR count). The van der Waals surface area contributed by atoms with Gasteiger partial charge >= 0.3 is 0 Å². The first-order valence-electron chi connectivity index (χ1n) is 18.6. The fourth-order valence-corrected chi connectivity index (χ4v) is 9.76. The standard InChI is InChI=1S/C43H51N6OS/c1-6-7-14-32-23-27-35(28-24-32)30-49(36-15-10-8-11-16-36,37-17-12-9-13-18-37)38-41(50)48-39(43(4,5)51-42(38)48)40-44-45-46-47(40)29-34-25-21-33(22-26-34)20-19-31(2)3/h8-13,15-18,21-28,31,38-39,42H,6-7,14,19-20,29-30H2,1-5H3/q+1/t38?,39?,42-/m0/s1. The van der Waals surface area contributed by atoms with E-state index in [0.29, 0.717) is 23.5 Å². The van der Waals surface area contributed by atoms with E-state index >= 15 is 4.79 Å². The third kappa shape index (κ3) is 6.88. The number of aromatic nitrogens is 4. The first kappa shape index (κ1) is 35.1. The van der Waals surface area contributed by atoms with E-state index in [0.717, 1.165) is 35.6 Å². The summed E-state index contributed by atoms with van der Waals surface area (Å²) in [6, 6.07) is 38.6. The molecule has 0 spiro atoms. The summed E-state index contributed by atoms with van der Waals surface area (Å²) in [6.45, 7) is 12.5. The minimum Gasteiger partial charge on any atom is -0.307 e. The summed E-state index contributed by atoms with van der Waals surface area (Å²) in [5.41, 5.74) is 7.30. The van der Waals surface area contributed by atoms with Crippen LogP contribution in [-0.4, -0.2) is 47.2 Å². The quantitative estimate of drug-likeness (QED) is 0.0854. The third-order valence-electron chi connectivity index (χ3n) is 10.8. The predicted octanol–water partition coefficient (Wildman–Crippen LogP) is 9.30. The fraction of sp³-hybridized carbons (Fsp3) is 0.395. The summed E-state index contributed by atoms with van der Waals surface area (Å²) in [5.74, 6) is 1.56. The maximum atomic E-state index is 15.0. The molecule has 0 radical (unpaired) electrons. The molecule has 2 unspecified atom stereocenters. The van der Waals surface area contributed by atoms with Crippen LogP contribution in [0.1, 0.15) is 88.0 Å². The van der Waals surface area contributed by atoms with E-state index in [1.165, 1.54) is 36.0 Å². The molecule has 2 aliphatic rings. The van der Waals surface area contributed by atoms with Gasteiger partial charge in [-0.15, -0.1) is 16.9 Å². The lowest BCUT2D eigenvalue weighted by Crippen LogP contribution is -2.74. The van der Waals surface area contributed by atoms with Crippen LogP contribution in [0.2, 0.25) is 0 Å². The lowest BCUT2D eigenvalue weighted by atomic mass is 9.91. The van der Waals surface area contributed by atoms with Gasteiger partial charge in [-0.1, -0.05) is 112 Å². The van der Waals surface area contributed by atoms with Gasteiger partial charge in [0.2, 0.25) is 6.04 Å². The highest BCUT2D eigenvalue weighted by Gasteiger charge is 2.70. The highest BCUT2D eigenvalue weighted by molar-refractivity contribution is 8.01. The smallest absolute Gasteiger partial charge is 0.286 e. The lowest BCUT2D eigenvalue weighted by Gasteiger charge is -2.53. The number of aryl methyl sites for hydroxylation is 2. The van der Waals surface area contributed by atoms with Gasteiger partial charge in [-0.25, -0.2) is 9.16 Å². The molecule has 0 N–H and O–H groups in total. The van der Waals surface area contributed by atoms with Gasteiger partial charge in [0.05, 0.1) is 6.54 Å². The Morgan fingerprint density at radius 3 is 1.94 bits per heavy atom. The number of benzene rings is 4. The van der Waals surface area contributed by atoms with Gasteiger partial charge in [-0.05, 0) is 96.8 Å². The van der Waals surface area contributed by atoms with Gasteiger partial charge < -0.3 is 4.90 Å². The molecule has 3 heterocycles. The van der Waals surface area contributed by atoms with Crippen molar-refractivity contribution in [3.05, 3.63) is 137 Å². The van der Waals surface area contributed by atoms with E-state index in [1.54, 1.807) is 0 Å². The number of quaternary nitrogens is 1. The molecule has 0 saturated carbocycles. The molecule has 4 aromatic carbocycles. The highest BCUT2D eigenvalue weighted by atomic mass is 32.2. The van der Waals surface area contributed by atoms with Crippen molar-refractivity contribution < 1.29 is 4.79 Å². The Kier molecular flexibility index (Phi) is 10.2. The molecule has 1 amide bonds. The lowest BCUT2D eigenvalue weighted by molar-refractivity contribution is -0.154. The van der Waals surface area contributed by atoms with E-state index in [-0.39, 0.29) is 28.1 Å². The largest absolute Gasteiger partial charge is 0.307 e. The van der Waals surface area contributed by atoms with Crippen molar-refractivity contribution in [1.29, 1.82) is 0 Å². The fourth-order valence-electron chi connectivity index (χ4n) is 8.00. The van der Waals surface area contributed by atoms with Crippen LogP contribution in [0.5, 0.6) is 0 Å². The SMILES string of the molecule is CCCCc1ccc(C[N+](c2ccccc2)(c2ccccc2)C2C(=O)N3C(c4nnnn4Cc4ccc(CCC(C)C)cc4)C(C)(C)S[C@@H]23)cc1. The molecule has 3 atom stereocenters. The van der Waals surface area contributed by atoms with Crippen LogP contribution in [0.4, 0.5) is 11.4 Å². The summed E-state index contributed by atoms with van der Waals surface area (Å²) >= 11 is 1.88. The van der Waals surface area contributed by atoms with Crippen LogP contribution in [0.15, 0.2) is 109 Å². The Morgan fingerprint density at radius 2 is 1.35 bits per heavy atom. The Hall–Kier alpha value is -4.27. The van der Waals surface area contributed by atoms with Crippen molar-refractivity contribution in [2.75, 3.05) is 0 Å². The van der Waals surface area contributed by atoms with Crippen LogP contribution >= 0.6 is 11.8 Å². The summed E-state index contributed by atoms with van der Waals surface area (Å²) in [6.07, 6.45) is 5.71. The predicted molar refractivity (Wildman–Crippen MR) is 208 cm³/mol. The number of amides is 1. The van der Waals surface area contributed by atoms with Gasteiger partial charge in [0.1, 0.15) is 29.3 Å². The number of hydrogen-bond acceptors (Lipinski definition) is 5. The molecule has 0 aliphatic carbocycles. The second kappa shape index (κ2) is 14.8. The average Bonchev–Trinajstić information content (AvgIpc) is 3.69. The zero-order chi connectivity index (χ0) is 35.6. The molecule has 2 fully saturated rings. The molecule has 2 saturated heterocycles. The summed E-state index contributed by atoms with van der Waals surface area (Å²) in [7, 11) is 0. The molecule has 51 heavy (non-hydrogen) atoms. The Morgan fingerprint density at radius 1 is 0.784 bits per heavy atom. The Bertz CT molecular complexity index is 1870. The molecule has 7 nitrogen and oxygen atoms in total. The first-order valence-corrected chi connectivity index (χ1v) is 19.5. The number of fused-ring (bicyclic) bond motifs is 1. The molecule has 5 aromatic rings. The second-order valence-corrected chi connectivity index (χ2v) is 17.0. The molecular formula is C43H51N6OS+. The van der Waals surface area contributed by atoms with Crippen LogP contribution in [0.3, 0.4) is 0 Å². The normalized spacial score (nSPS) is 19.7. The van der Waals surface area contributed by atoms with E-state index in [9.17, 15) is 0 Å². The monoisotopic (exact) mass is 699 g/mol. The van der Waals surface area contributed by atoms with Crippen LogP contribution < -0.4 is 4.48 Å². The zero-order valence-electron chi connectivity index (χ0n) is 30.7. The number of tetrazole rings is 1. The van der Waals surface area contributed by atoms with Crippen LogP contribution in [0.25, 0.3) is 0 Å². The Balaban J connectivity index is 1.23. The summed E-state index contributed by atoms with van der Waals surface area (Å²) < 4.78 is 2.00. The van der Waals surface area contributed by atoms with E-state index in [1.807, 2.05) is 16.4 Å². The number of unbranched alkanes of at least 4 members (excludes halogenated alkanes) is 1. The Labute approximate surface area is 307 Å². The van der Waals surface area contributed by atoms with Gasteiger partial charge in [0.25, 0.3) is 5.91 Å². The van der Waals surface area contributed by atoms with Gasteiger partial charge in [0.15, 0.2) is 5.82 Å². The number of carbonyl (C=O) groups is 1. The van der Waals surface area contributed by atoms with Gasteiger partial charge in [0, 0.05) is 10.3 Å². The zero-order valence-corrected chi connectivity index (χ0v) is 31.5. The van der Waals surface area contributed by atoms with E-state index < -0.39 is 0 Å². The maximum absolute atomic E-state index is 15.0. The summed E-state index contributed by atoms with van der Waals surface area (Å²) in [5, 5.41) is 13.2. The minimum atomic E-state index is -0.327. The number of hydrogen-bond donors (Lipinski definition) is 0. The topological polar surface area (TPSA) is 63.9 Å². The second-order valence-electron chi connectivity index (χ2n) is 15.3. The number of thioether (sulfide) groups is 1. The van der Waals surface area contributed by atoms with Crippen LogP contribution in [0, 0.1) is 5.92 Å². The van der Waals surface area contributed by atoms with Crippen molar-refractivity contribution in [2.24, 2.45) is 5.92 Å². The number of rotatable bonds is 14. The third-order valence-corrected chi connectivity index (χ3v) is 12.3. The maximum Gasteiger partial charge on any atom is 0.286 e.